The lowest BCUT2D eigenvalue weighted by Crippen LogP contribution is -2.37. The Morgan fingerprint density at radius 1 is 1.64 bits per heavy atom. The van der Waals surface area contributed by atoms with Gasteiger partial charge in [0, 0.05) is 25.7 Å². The Labute approximate surface area is 85.6 Å². The molecule has 1 unspecified atom stereocenters. The smallest absolute Gasteiger partial charge is 0.407 e. The lowest BCUT2D eigenvalue weighted by molar-refractivity contribution is 0.166. The van der Waals surface area contributed by atoms with Crippen LogP contribution in [0.1, 0.15) is 20.3 Å². The Bertz CT molecular complexity index is 195. The number of hydrogen-bond acceptors (Lipinski definition) is 3. The van der Waals surface area contributed by atoms with Gasteiger partial charge in [0.1, 0.15) is 0 Å². The summed E-state index contributed by atoms with van der Waals surface area (Å²) in [6.07, 6.45) is 0.711. The first-order chi connectivity index (χ1) is 6.61. The third-order valence-corrected chi connectivity index (χ3v) is 2.40. The maximum absolute atomic E-state index is 10.9. The molecule has 1 rings (SSSR count). The average Bonchev–Trinajstić information content (AvgIpc) is 2.51. The fourth-order valence-electron chi connectivity index (χ4n) is 1.86. The van der Waals surface area contributed by atoms with Crippen LogP contribution in [0.2, 0.25) is 0 Å². The largest absolute Gasteiger partial charge is 0.453 e. The summed E-state index contributed by atoms with van der Waals surface area (Å²) < 4.78 is 4.56. The third-order valence-electron chi connectivity index (χ3n) is 2.40. The van der Waals surface area contributed by atoms with Crippen molar-refractivity contribution in [1.82, 2.24) is 10.2 Å². The van der Waals surface area contributed by atoms with E-state index in [0.29, 0.717) is 5.92 Å². The van der Waals surface area contributed by atoms with Gasteiger partial charge in [-0.05, 0) is 12.3 Å². The van der Waals surface area contributed by atoms with Gasteiger partial charge in [0.15, 0.2) is 0 Å². The quantitative estimate of drug-likeness (QED) is 0.741. The van der Waals surface area contributed by atoms with E-state index in [2.05, 4.69) is 28.8 Å². The monoisotopic (exact) mass is 200 g/mol. The van der Waals surface area contributed by atoms with Gasteiger partial charge >= 0.3 is 6.09 Å². The van der Waals surface area contributed by atoms with Crippen molar-refractivity contribution in [3.63, 3.8) is 0 Å². The topological polar surface area (TPSA) is 41.6 Å². The molecule has 1 atom stereocenters. The highest BCUT2D eigenvalue weighted by Gasteiger charge is 2.23. The number of carbonyl (C=O) groups is 1. The zero-order valence-corrected chi connectivity index (χ0v) is 9.25. The molecule has 1 heterocycles. The summed E-state index contributed by atoms with van der Waals surface area (Å²) in [6.45, 7) is 7.56. The number of alkyl carbamates (subject to hydrolysis) is 1. The summed E-state index contributed by atoms with van der Waals surface area (Å²) in [5, 5.41) is 2.83. The predicted molar refractivity (Wildman–Crippen MR) is 55.2 cm³/mol. The summed E-state index contributed by atoms with van der Waals surface area (Å²) in [6, 6.07) is 0.265. The van der Waals surface area contributed by atoms with Crippen molar-refractivity contribution >= 4 is 6.09 Å². The van der Waals surface area contributed by atoms with E-state index in [-0.39, 0.29) is 12.1 Å². The summed E-state index contributed by atoms with van der Waals surface area (Å²) >= 11 is 0. The second kappa shape index (κ2) is 5.20. The predicted octanol–water partition coefficient (Wildman–Crippen LogP) is 1.07. The van der Waals surface area contributed by atoms with Crippen LogP contribution in [-0.4, -0.2) is 43.8 Å². The fourth-order valence-corrected chi connectivity index (χ4v) is 1.86. The lowest BCUT2D eigenvalue weighted by Gasteiger charge is -2.18. The van der Waals surface area contributed by atoms with Crippen LogP contribution in [0.3, 0.4) is 0 Å². The average molecular weight is 200 g/mol. The van der Waals surface area contributed by atoms with E-state index in [0.717, 1.165) is 26.1 Å². The number of amides is 1. The second-order valence-electron chi connectivity index (χ2n) is 4.27. The molecular formula is C10H20N2O2. The van der Waals surface area contributed by atoms with Crippen LogP contribution in [0.4, 0.5) is 4.79 Å². The van der Waals surface area contributed by atoms with Crippen molar-refractivity contribution in [2.24, 2.45) is 5.92 Å². The number of nitrogens with one attached hydrogen (secondary N) is 1. The Hall–Kier alpha value is -0.770. The maximum Gasteiger partial charge on any atom is 0.407 e. The summed E-state index contributed by atoms with van der Waals surface area (Å²) in [5.41, 5.74) is 0. The van der Waals surface area contributed by atoms with Crippen LogP contribution in [0.5, 0.6) is 0 Å². The summed E-state index contributed by atoms with van der Waals surface area (Å²) in [7, 11) is 1.40. The molecule has 0 aromatic carbocycles. The van der Waals surface area contributed by atoms with Gasteiger partial charge in [0.05, 0.1) is 7.11 Å². The molecule has 1 amide bonds. The van der Waals surface area contributed by atoms with E-state index in [4.69, 9.17) is 0 Å². The molecule has 1 N–H and O–H groups in total. The van der Waals surface area contributed by atoms with E-state index < -0.39 is 0 Å². The summed E-state index contributed by atoms with van der Waals surface area (Å²) in [4.78, 5) is 13.3. The SMILES string of the molecule is COC(=O)NC1CCN(CC(C)C)C1. The molecule has 0 bridgehead atoms. The molecule has 14 heavy (non-hydrogen) atoms. The van der Waals surface area contributed by atoms with Crippen molar-refractivity contribution < 1.29 is 9.53 Å². The van der Waals surface area contributed by atoms with Gasteiger partial charge in [-0.15, -0.1) is 0 Å². The molecule has 82 valence electrons. The van der Waals surface area contributed by atoms with Gasteiger partial charge in [0.25, 0.3) is 0 Å². The van der Waals surface area contributed by atoms with Crippen LogP contribution >= 0.6 is 0 Å². The Balaban J connectivity index is 2.23. The van der Waals surface area contributed by atoms with Gasteiger partial charge in [-0.2, -0.15) is 0 Å². The van der Waals surface area contributed by atoms with Crippen LogP contribution in [0.25, 0.3) is 0 Å². The lowest BCUT2D eigenvalue weighted by atomic mass is 10.2. The van der Waals surface area contributed by atoms with Crippen LogP contribution < -0.4 is 5.32 Å². The molecule has 1 fully saturated rings. The molecule has 0 spiro atoms. The minimum atomic E-state index is -0.318. The van der Waals surface area contributed by atoms with Crippen molar-refractivity contribution in [1.29, 1.82) is 0 Å². The maximum atomic E-state index is 10.9. The highest BCUT2D eigenvalue weighted by molar-refractivity contribution is 5.67. The Morgan fingerprint density at radius 3 is 2.93 bits per heavy atom. The van der Waals surface area contributed by atoms with E-state index >= 15 is 0 Å². The van der Waals surface area contributed by atoms with Gasteiger partial charge in [-0.1, -0.05) is 13.8 Å². The minimum absolute atomic E-state index is 0.265. The number of hydrogen-bond donors (Lipinski definition) is 1. The van der Waals surface area contributed by atoms with E-state index in [9.17, 15) is 4.79 Å². The number of carbonyl (C=O) groups excluding carboxylic acids is 1. The zero-order valence-electron chi connectivity index (χ0n) is 9.25. The van der Waals surface area contributed by atoms with Gasteiger partial charge in [-0.25, -0.2) is 4.79 Å². The molecule has 0 radical (unpaired) electrons. The van der Waals surface area contributed by atoms with Gasteiger partial charge < -0.3 is 15.0 Å². The van der Waals surface area contributed by atoms with Crippen molar-refractivity contribution in [2.75, 3.05) is 26.7 Å². The Morgan fingerprint density at radius 2 is 2.36 bits per heavy atom. The number of likely N-dealkylation sites (tertiary alicyclic amines) is 1. The molecule has 0 aromatic heterocycles. The second-order valence-corrected chi connectivity index (χ2v) is 4.27. The third kappa shape index (κ3) is 3.54. The van der Waals surface area contributed by atoms with Crippen molar-refractivity contribution in [3.8, 4) is 0 Å². The van der Waals surface area contributed by atoms with E-state index in [1.165, 1.54) is 7.11 Å². The molecule has 1 saturated heterocycles. The molecule has 1 aliphatic heterocycles. The van der Waals surface area contributed by atoms with E-state index in [1.807, 2.05) is 0 Å². The molecule has 4 heteroatoms. The number of rotatable bonds is 3. The zero-order chi connectivity index (χ0) is 10.6. The number of ether oxygens (including phenoxy) is 1. The number of nitrogens with zero attached hydrogens (tertiary/aromatic N) is 1. The van der Waals surface area contributed by atoms with Crippen LogP contribution in [-0.2, 0) is 4.74 Å². The highest BCUT2D eigenvalue weighted by Crippen LogP contribution is 2.11. The highest BCUT2D eigenvalue weighted by atomic mass is 16.5. The molecule has 0 aliphatic carbocycles. The summed E-state index contributed by atoms with van der Waals surface area (Å²) in [5.74, 6) is 0.687. The van der Waals surface area contributed by atoms with Crippen molar-refractivity contribution in [3.05, 3.63) is 0 Å². The molecule has 0 aromatic rings. The molecule has 4 nitrogen and oxygen atoms in total. The first kappa shape index (κ1) is 11.3. The standard InChI is InChI=1S/C10H20N2O2/c1-8(2)6-12-5-4-9(7-12)11-10(13)14-3/h8-9H,4-7H2,1-3H3,(H,11,13). The number of methoxy groups -OCH3 is 1. The first-order valence-electron chi connectivity index (χ1n) is 5.18. The first-order valence-corrected chi connectivity index (χ1v) is 5.18. The minimum Gasteiger partial charge on any atom is -0.453 e. The van der Waals surface area contributed by atoms with E-state index in [1.54, 1.807) is 0 Å². The Kier molecular flexibility index (Phi) is 4.20. The molecule has 1 aliphatic rings. The van der Waals surface area contributed by atoms with Crippen LogP contribution in [0.15, 0.2) is 0 Å². The molecule has 0 saturated carbocycles. The van der Waals surface area contributed by atoms with Gasteiger partial charge in [-0.3, -0.25) is 0 Å². The van der Waals surface area contributed by atoms with Gasteiger partial charge in [0.2, 0.25) is 0 Å². The molecular weight excluding hydrogens is 180 g/mol. The van der Waals surface area contributed by atoms with Crippen LogP contribution in [0, 0.1) is 5.92 Å². The van der Waals surface area contributed by atoms with Crippen molar-refractivity contribution in [2.45, 2.75) is 26.3 Å². The fraction of sp³-hybridized carbons (Fsp3) is 0.900. The normalized spacial score (nSPS) is 22.7.